The van der Waals surface area contributed by atoms with E-state index in [4.69, 9.17) is 0 Å². The van der Waals surface area contributed by atoms with E-state index < -0.39 is 17.2 Å². The normalized spacial score (nSPS) is 11.0. The second-order valence-corrected chi connectivity index (χ2v) is 6.22. The Kier molecular flexibility index (Phi) is 5.61. The summed E-state index contributed by atoms with van der Waals surface area (Å²) in [5.41, 5.74) is 1.56. The third-order valence-corrected chi connectivity index (χ3v) is 4.38. The van der Waals surface area contributed by atoms with Gasteiger partial charge in [-0.05, 0) is 29.8 Å². The van der Waals surface area contributed by atoms with Crippen LogP contribution in [0.2, 0.25) is 0 Å². The van der Waals surface area contributed by atoms with Gasteiger partial charge in [-0.1, -0.05) is 36.4 Å². The molecule has 0 unspecified atom stereocenters. The second-order valence-electron chi connectivity index (χ2n) is 6.22. The Morgan fingerprint density at radius 2 is 1.72 bits per heavy atom. The molecule has 4 aromatic rings. The first-order valence-corrected chi connectivity index (χ1v) is 8.58. The van der Waals surface area contributed by atoms with Crippen LogP contribution in [-0.2, 0) is 0 Å². The first-order valence-electron chi connectivity index (χ1n) is 8.58. The van der Waals surface area contributed by atoms with Gasteiger partial charge in [0, 0.05) is 30.3 Å². The number of aromatic nitrogens is 2. The van der Waals surface area contributed by atoms with Crippen LogP contribution in [0.4, 0.5) is 8.78 Å². The topological polar surface area (TPSA) is 78.8 Å². The first kappa shape index (κ1) is 20.0. The van der Waals surface area contributed by atoms with Gasteiger partial charge in [0.15, 0.2) is 5.82 Å². The lowest BCUT2D eigenvalue weighted by Crippen LogP contribution is -2.23. The molecule has 0 aliphatic heterocycles. The van der Waals surface area contributed by atoms with E-state index >= 15 is 0 Å². The molecule has 0 saturated carbocycles. The summed E-state index contributed by atoms with van der Waals surface area (Å²) in [6.45, 7) is 0. The Morgan fingerprint density at radius 1 is 0.966 bits per heavy atom. The van der Waals surface area contributed by atoms with Gasteiger partial charge in [0.2, 0.25) is 0 Å². The summed E-state index contributed by atoms with van der Waals surface area (Å²) in [7, 11) is 1.68. The average Bonchev–Trinajstić information content (AvgIpc) is 2.70. The zero-order valence-corrected chi connectivity index (χ0v) is 15.4. The molecule has 0 atom stereocenters. The summed E-state index contributed by atoms with van der Waals surface area (Å²) in [5.74, 6) is -1.58. The van der Waals surface area contributed by atoms with Gasteiger partial charge in [0.05, 0.1) is 11.1 Å². The zero-order valence-electron chi connectivity index (χ0n) is 15.4. The van der Waals surface area contributed by atoms with Crippen LogP contribution in [0.1, 0.15) is 5.56 Å². The molecule has 0 amide bonds. The Bertz CT molecular complexity index is 1280. The molecule has 4 rings (SSSR count). The smallest absolute Gasteiger partial charge is 0.279 e. The number of aliphatic imine (C=N–C) groups is 1. The molecule has 146 valence electrons. The maximum absolute atomic E-state index is 14.4. The lowest BCUT2D eigenvalue weighted by atomic mass is 10.0. The summed E-state index contributed by atoms with van der Waals surface area (Å²) in [6, 6.07) is 17.5. The maximum atomic E-state index is 14.4. The van der Waals surface area contributed by atoms with E-state index in [1.807, 2.05) is 30.3 Å². The standard InChI is InChI=1S/C22H15F2N3O.H2O/c1-25-13-14-5-4-6-15(11-14)21-17-7-2-3-8-18(17)22(28)27(26-21)20-10-9-16(23)12-19(20)24;/h2-13H,1H3;1H2/b25-13-;. The van der Waals surface area contributed by atoms with Crippen molar-refractivity contribution in [2.75, 3.05) is 7.05 Å². The van der Waals surface area contributed by atoms with Gasteiger partial charge in [0.1, 0.15) is 11.5 Å². The first-order chi connectivity index (χ1) is 13.6. The van der Waals surface area contributed by atoms with E-state index in [1.165, 1.54) is 6.07 Å². The SMILES string of the molecule is C/N=C\c1cccc(-c2nn(-c3ccc(F)cc3F)c(=O)c3ccccc23)c1.O. The Balaban J connectivity index is 0.00000240. The summed E-state index contributed by atoms with van der Waals surface area (Å²) < 4.78 is 28.7. The second kappa shape index (κ2) is 8.12. The van der Waals surface area contributed by atoms with Gasteiger partial charge in [-0.15, -0.1) is 0 Å². The van der Waals surface area contributed by atoms with Gasteiger partial charge >= 0.3 is 0 Å². The molecular formula is C22H17F2N3O2. The fraction of sp³-hybridized carbons (Fsp3) is 0.0455. The molecule has 2 N–H and O–H groups in total. The Labute approximate surface area is 164 Å². The van der Waals surface area contributed by atoms with Crippen molar-refractivity contribution >= 4 is 17.0 Å². The van der Waals surface area contributed by atoms with Crippen LogP contribution in [0.5, 0.6) is 0 Å². The van der Waals surface area contributed by atoms with Gasteiger partial charge in [0.25, 0.3) is 5.56 Å². The molecule has 0 aliphatic rings. The number of hydrogen-bond donors (Lipinski definition) is 0. The molecule has 0 spiro atoms. The van der Waals surface area contributed by atoms with Gasteiger partial charge in [-0.3, -0.25) is 9.79 Å². The molecule has 7 heteroatoms. The molecular weight excluding hydrogens is 376 g/mol. The molecule has 1 aromatic heterocycles. The Hall–Kier alpha value is -3.71. The summed E-state index contributed by atoms with van der Waals surface area (Å²) in [4.78, 5) is 17.0. The van der Waals surface area contributed by atoms with Crippen molar-refractivity contribution in [1.29, 1.82) is 0 Å². The molecule has 0 bridgehead atoms. The molecule has 0 aliphatic carbocycles. The number of fused-ring (bicyclic) bond motifs is 1. The van der Waals surface area contributed by atoms with Gasteiger partial charge in [-0.25, -0.2) is 8.78 Å². The summed E-state index contributed by atoms with van der Waals surface area (Å²) in [6.07, 6.45) is 1.71. The molecule has 0 saturated heterocycles. The lowest BCUT2D eigenvalue weighted by Gasteiger charge is -2.12. The average molecular weight is 393 g/mol. The van der Waals surface area contributed by atoms with Crippen molar-refractivity contribution in [2.45, 2.75) is 0 Å². The molecule has 0 fully saturated rings. The van der Waals surface area contributed by atoms with E-state index in [0.717, 1.165) is 27.9 Å². The lowest BCUT2D eigenvalue weighted by molar-refractivity contribution is 0.571. The molecule has 0 radical (unpaired) electrons. The number of halogens is 2. The van der Waals surface area contributed by atoms with Gasteiger partial charge in [-0.2, -0.15) is 9.78 Å². The predicted molar refractivity (Wildman–Crippen MR) is 110 cm³/mol. The van der Waals surface area contributed by atoms with Crippen LogP contribution in [0.3, 0.4) is 0 Å². The highest BCUT2D eigenvalue weighted by Gasteiger charge is 2.16. The Morgan fingerprint density at radius 3 is 2.45 bits per heavy atom. The van der Waals surface area contributed by atoms with Crippen LogP contribution in [0.15, 0.2) is 76.5 Å². The van der Waals surface area contributed by atoms with E-state index in [-0.39, 0.29) is 11.2 Å². The molecule has 5 nitrogen and oxygen atoms in total. The van der Waals surface area contributed by atoms with E-state index in [9.17, 15) is 13.6 Å². The number of hydrogen-bond acceptors (Lipinski definition) is 3. The third-order valence-electron chi connectivity index (χ3n) is 4.38. The quantitative estimate of drug-likeness (QED) is 0.499. The van der Waals surface area contributed by atoms with Crippen molar-refractivity contribution in [1.82, 2.24) is 9.78 Å². The van der Waals surface area contributed by atoms with Gasteiger partial charge < -0.3 is 5.48 Å². The van der Waals surface area contributed by atoms with Crippen molar-refractivity contribution in [3.8, 4) is 16.9 Å². The summed E-state index contributed by atoms with van der Waals surface area (Å²) >= 11 is 0. The van der Waals surface area contributed by atoms with Crippen LogP contribution in [-0.4, -0.2) is 28.5 Å². The molecule has 3 aromatic carbocycles. The van der Waals surface area contributed by atoms with Crippen molar-refractivity contribution in [3.63, 3.8) is 0 Å². The minimum Gasteiger partial charge on any atom is -0.412 e. The fourth-order valence-corrected chi connectivity index (χ4v) is 3.13. The number of rotatable bonds is 3. The minimum atomic E-state index is -0.859. The number of nitrogens with zero attached hydrogens (tertiary/aromatic N) is 3. The molecule has 1 heterocycles. The highest BCUT2D eigenvalue weighted by molar-refractivity contribution is 5.95. The van der Waals surface area contributed by atoms with Crippen LogP contribution >= 0.6 is 0 Å². The van der Waals surface area contributed by atoms with Crippen LogP contribution < -0.4 is 5.56 Å². The van der Waals surface area contributed by atoms with Crippen LogP contribution in [0.25, 0.3) is 27.7 Å². The van der Waals surface area contributed by atoms with E-state index in [0.29, 0.717) is 16.5 Å². The highest BCUT2D eigenvalue weighted by Crippen LogP contribution is 2.26. The van der Waals surface area contributed by atoms with Crippen molar-refractivity contribution < 1.29 is 14.3 Å². The summed E-state index contributed by atoms with van der Waals surface area (Å²) in [5, 5.41) is 5.47. The largest absolute Gasteiger partial charge is 0.412 e. The number of benzene rings is 3. The highest BCUT2D eigenvalue weighted by atomic mass is 19.1. The monoisotopic (exact) mass is 393 g/mol. The van der Waals surface area contributed by atoms with Crippen LogP contribution in [0, 0.1) is 11.6 Å². The van der Waals surface area contributed by atoms with Crippen molar-refractivity contribution in [3.05, 3.63) is 94.3 Å². The van der Waals surface area contributed by atoms with E-state index in [2.05, 4.69) is 10.1 Å². The fourth-order valence-electron chi connectivity index (χ4n) is 3.13. The predicted octanol–water partition coefficient (Wildman–Crippen LogP) is 3.55. The molecule has 29 heavy (non-hydrogen) atoms. The zero-order chi connectivity index (χ0) is 19.7. The minimum absolute atomic E-state index is 0. The third kappa shape index (κ3) is 3.68. The van der Waals surface area contributed by atoms with Crippen molar-refractivity contribution in [2.24, 2.45) is 4.99 Å². The maximum Gasteiger partial charge on any atom is 0.279 e. The van der Waals surface area contributed by atoms with E-state index in [1.54, 1.807) is 31.5 Å².